The number of nitrogens with one attached hydrogen (secondary N) is 1. The highest BCUT2D eigenvalue weighted by Crippen LogP contribution is 2.40. The van der Waals surface area contributed by atoms with Crippen LogP contribution in [0.5, 0.6) is 0 Å². The Morgan fingerprint density at radius 2 is 2.00 bits per heavy atom. The monoisotopic (exact) mass is 284 g/mol. The first-order chi connectivity index (χ1) is 10.1. The maximum Gasteiger partial charge on any atom is 0.217 e. The fourth-order valence-corrected chi connectivity index (χ4v) is 3.84. The van der Waals surface area contributed by atoms with E-state index in [-0.39, 0.29) is 5.91 Å². The number of hydrogen-bond donors (Lipinski definition) is 1. The lowest BCUT2D eigenvalue weighted by atomic mass is 9.74. The Morgan fingerprint density at radius 3 is 2.71 bits per heavy atom. The maximum absolute atomic E-state index is 11.5. The van der Waals surface area contributed by atoms with Crippen LogP contribution in [0.2, 0.25) is 0 Å². The fourth-order valence-electron chi connectivity index (χ4n) is 3.84. The Hall–Kier alpha value is -1.61. The summed E-state index contributed by atoms with van der Waals surface area (Å²) in [5.74, 6) is 0.562. The molecule has 0 radical (unpaired) electrons. The maximum atomic E-state index is 11.5. The second kappa shape index (κ2) is 6.02. The molecule has 1 aromatic carbocycles. The largest absolute Gasteiger partial charge is 0.353 e. The minimum absolute atomic E-state index is 0.0933. The van der Waals surface area contributed by atoms with Crippen molar-refractivity contribution in [3.05, 3.63) is 41.5 Å². The summed E-state index contributed by atoms with van der Waals surface area (Å²) in [6, 6.07) is 11.0. The highest BCUT2D eigenvalue weighted by Gasteiger charge is 2.35. The number of carbonyl (C=O) groups excluding carboxylic acids is 1. The lowest BCUT2D eigenvalue weighted by Crippen LogP contribution is -2.49. The molecule has 1 saturated heterocycles. The molecule has 1 fully saturated rings. The topological polar surface area (TPSA) is 32.3 Å². The van der Waals surface area contributed by atoms with E-state index in [0.717, 1.165) is 32.4 Å². The molecule has 0 spiro atoms. The number of hydrogen-bond acceptors (Lipinski definition) is 2. The molecular formula is C18H24N2O. The minimum Gasteiger partial charge on any atom is -0.353 e. The zero-order chi connectivity index (χ0) is 14.8. The van der Waals surface area contributed by atoms with Crippen LogP contribution in [0.25, 0.3) is 5.57 Å². The Bertz CT molecular complexity index is 550. The van der Waals surface area contributed by atoms with Gasteiger partial charge in [0.25, 0.3) is 0 Å². The van der Waals surface area contributed by atoms with Crippen LogP contribution in [0, 0.1) is 5.92 Å². The molecule has 0 bridgehead atoms. The lowest BCUT2D eigenvalue weighted by Gasteiger charge is -2.42. The van der Waals surface area contributed by atoms with Crippen LogP contribution in [0.1, 0.15) is 31.7 Å². The van der Waals surface area contributed by atoms with E-state index in [0.29, 0.717) is 12.0 Å². The summed E-state index contributed by atoms with van der Waals surface area (Å²) in [4.78, 5) is 13.9. The third-order valence-corrected chi connectivity index (χ3v) is 4.81. The number of benzene rings is 1. The van der Waals surface area contributed by atoms with Crippen molar-refractivity contribution < 1.29 is 4.79 Å². The molecule has 112 valence electrons. The number of piperidine rings is 1. The van der Waals surface area contributed by atoms with E-state index >= 15 is 0 Å². The van der Waals surface area contributed by atoms with E-state index in [4.69, 9.17) is 0 Å². The van der Waals surface area contributed by atoms with E-state index in [9.17, 15) is 4.79 Å². The molecule has 3 rings (SSSR count). The molecule has 1 N–H and O–H groups in total. The Morgan fingerprint density at radius 1 is 1.24 bits per heavy atom. The Labute approximate surface area is 127 Å². The summed E-state index contributed by atoms with van der Waals surface area (Å²) in [6.45, 7) is 3.80. The number of nitrogens with zero attached hydrogens (tertiary/aromatic N) is 1. The molecule has 1 heterocycles. The van der Waals surface area contributed by atoms with Gasteiger partial charge in [-0.25, -0.2) is 0 Å². The van der Waals surface area contributed by atoms with Gasteiger partial charge >= 0.3 is 0 Å². The van der Waals surface area contributed by atoms with E-state index < -0.39 is 0 Å². The quantitative estimate of drug-likeness (QED) is 0.905. The van der Waals surface area contributed by atoms with Gasteiger partial charge < -0.3 is 10.2 Å². The van der Waals surface area contributed by atoms with Crippen LogP contribution < -0.4 is 5.32 Å². The van der Waals surface area contributed by atoms with Gasteiger partial charge in [0, 0.05) is 32.0 Å². The standard InChI is InChI=1S/C18H24N2O/c1-13(21)19-18-9-8-15(14-6-4-3-5-7-14)16-10-11-20(2)12-17(16)18/h3-7,17-18H,8-12H2,1-2H3,(H,19,21)/t17-,18+/m0/s1. The molecule has 3 nitrogen and oxygen atoms in total. The zero-order valence-electron chi connectivity index (χ0n) is 12.9. The third kappa shape index (κ3) is 3.03. The van der Waals surface area contributed by atoms with E-state index in [2.05, 4.69) is 47.6 Å². The summed E-state index contributed by atoms with van der Waals surface area (Å²) in [5.41, 5.74) is 4.46. The molecule has 0 aromatic heterocycles. The van der Waals surface area contributed by atoms with Crippen LogP contribution in [0.3, 0.4) is 0 Å². The Kier molecular flexibility index (Phi) is 4.11. The number of allylic oxidation sites excluding steroid dienone is 1. The smallest absolute Gasteiger partial charge is 0.217 e. The minimum atomic E-state index is 0.0933. The number of fused-ring (bicyclic) bond motifs is 1. The van der Waals surface area contributed by atoms with Crippen molar-refractivity contribution in [3.63, 3.8) is 0 Å². The normalized spacial score (nSPS) is 26.4. The summed E-state index contributed by atoms with van der Waals surface area (Å²) in [6.07, 6.45) is 3.25. The summed E-state index contributed by atoms with van der Waals surface area (Å²) in [5, 5.41) is 3.17. The van der Waals surface area contributed by atoms with Gasteiger partial charge in [0.2, 0.25) is 5.91 Å². The average molecular weight is 284 g/mol. The van der Waals surface area contributed by atoms with Gasteiger partial charge in [-0.05, 0) is 37.4 Å². The van der Waals surface area contributed by atoms with Crippen LogP contribution >= 0.6 is 0 Å². The molecule has 2 aliphatic rings. The summed E-state index contributed by atoms with van der Waals surface area (Å²) in [7, 11) is 2.18. The van der Waals surface area contributed by atoms with Gasteiger partial charge in [-0.1, -0.05) is 35.9 Å². The van der Waals surface area contributed by atoms with Gasteiger partial charge in [-0.3, -0.25) is 4.79 Å². The zero-order valence-corrected chi connectivity index (χ0v) is 12.9. The average Bonchev–Trinajstić information content (AvgIpc) is 2.48. The van der Waals surface area contributed by atoms with Crippen molar-refractivity contribution in [3.8, 4) is 0 Å². The predicted molar refractivity (Wildman–Crippen MR) is 85.8 cm³/mol. The molecule has 2 atom stereocenters. The number of carbonyl (C=O) groups is 1. The predicted octanol–water partition coefficient (Wildman–Crippen LogP) is 2.69. The third-order valence-electron chi connectivity index (χ3n) is 4.81. The van der Waals surface area contributed by atoms with Crippen molar-refractivity contribution in [2.24, 2.45) is 5.92 Å². The van der Waals surface area contributed by atoms with E-state index in [1.165, 1.54) is 11.1 Å². The van der Waals surface area contributed by atoms with Crippen LogP contribution in [0.15, 0.2) is 35.9 Å². The molecular weight excluding hydrogens is 260 g/mol. The van der Waals surface area contributed by atoms with Gasteiger partial charge in [0.1, 0.15) is 0 Å². The molecule has 1 aromatic rings. The van der Waals surface area contributed by atoms with Crippen LogP contribution in [-0.4, -0.2) is 37.0 Å². The number of amides is 1. The summed E-state index contributed by atoms with van der Waals surface area (Å²) >= 11 is 0. The molecule has 1 aliphatic heterocycles. The summed E-state index contributed by atoms with van der Waals surface area (Å²) < 4.78 is 0. The molecule has 0 unspecified atom stereocenters. The van der Waals surface area contributed by atoms with Gasteiger partial charge in [-0.15, -0.1) is 0 Å². The SMILES string of the molecule is CC(=O)N[C@@H]1CCC(c2ccccc2)=C2CCN(C)C[C@@H]21. The van der Waals surface area contributed by atoms with Gasteiger partial charge in [0.05, 0.1) is 0 Å². The molecule has 21 heavy (non-hydrogen) atoms. The fraction of sp³-hybridized carbons (Fsp3) is 0.500. The van der Waals surface area contributed by atoms with E-state index in [1.54, 1.807) is 12.5 Å². The van der Waals surface area contributed by atoms with Gasteiger partial charge in [-0.2, -0.15) is 0 Å². The van der Waals surface area contributed by atoms with Crippen molar-refractivity contribution in [1.29, 1.82) is 0 Å². The first-order valence-electron chi connectivity index (χ1n) is 7.88. The van der Waals surface area contributed by atoms with Crippen molar-refractivity contribution >= 4 is 11.5 Å². The lowest BCUT2D eigenvalue weighted by molar-refractivity contribution is -0.120. The Balaban J connectivity index is 1.95. The van der Waals surface area contributed by atoms with Crippen LogP contribution in [-0.2, 0) is 4.79 Å². The number of rotatable bonds is 2. The molecule has 3 heteroatoms. The second-order valence-corrected chi connectivity index (χ2v) is 6.33. The molecule has 1 aliphatic carbocycles. The first kappa shape index (κ1) is 14.3. The number of likely N-dealkylation sites (tertiary alicyclic amines) is 1. The highest BCUT2D eigenvalue weighted by atomic mass is 16.1. The van der Waals surface area contributed by atoms with Crippen molar-refractivity contribution in [2.75, 3.05) is 20.1 Å². The first-order valence-corrected chi connectivity index (χ1v) is 7.88. The van der Waals surface area contributed by atoms with Crippen molar-refractivity contribution in [2.45, 2.75) is 32.2 Å². The highest BCUT2D eigenvalue weighted by molar-refractivity contribution is 5.75. The van der Waals surface area contributed by atoms with Crippen molar-refractivity contribution in [1.82, 2.24) is 10.2 Å². The molecule has 1 amide bonds. The van der Waals surface area contributed by atoms with E-state index in [1.807, 2.05) is 0 Å². The van der Waals surface area contributed by atoms with Gasteiger partial charge in [0.15, 0.2) is 0 Å². The second-order valence-electron chi connectivity index (χ2n) is 6.33. The molecule has 0 saturated carbocycles. The van der Waals surface area contributed by atoms with Crippen LogP contribution in [0.4, 0.5) is 0 Å².